The number of nitrogens with zero attached hydrogens (tertiary/aromatic N) is 2. The minimum Gasteiger partial charge on any atom is -0.304 e. The van der Waals surface area contributed by atoms with Gasteiger partial charge in [0.05, 0.1) is 5.69 Å². The van der Waals surface area contributed by atoms with Crippen LogP contribution in [0.25, 0.3) is 0 Å². The summed E-state index contributed by atoms with van der Waals surface area (Å²) in [5.74, 6) is 0. The molecule has 0 unspecified atom stereocenters. The van der Waals surface area contributed by atoms with E-state index in [4.69, 9.17) is 0 Å². The third kappa shape index (κ3) is 2.57. The van der Waals surface area contributed by atoms with Crippen molar-refractivity contribution in [3.05, 3.63) is 28.0 Å². The number of aromatic nitrogens is 1. The molecule has 0 aliphatic heterocycles. The molecule has 1 rings (SSSR count). The maximum atomic E-state index is 4.42. The van der Waals surface area contributed by atoms with E-state index in [1.54, 1.807) is 0 Å². The third-order valence-electron chi connectivity index (χ3n) is 1.52. The van der Waals surface area contributed by atoms with Gasteiger partial charge in [-0.2, -0.15) is 0 Å². The smallest absolute Gasteiger partial charge is 0.0688 e. The Morgan fingerprint density at radius 1 is 1.42 bits per heavy atom. The number of hydrogen-bond donors (Lipinski definition) is 0. The van der Waals surface area contributed by atoms with Crippen LogP contribution in [-0.2, 0) is 6.54 Å². The molecule has 66 valence electrons. The lowest BCUT2D eigenvalue weighted by atomic mass is 10.3. The molecule has 0 atom stereocenters. The molecular weight excluding hydrogens is 216 g/mol. The van der Waals surface area contributed by atoms with E-state index in [-0.39, 0.29) is 0 Å². The first-order chi connectivity index (χ1) is 5.59. The second-order valence-electron chi connectivity index (χ2n) is 3.12. The van der Waals surface area contributed by atoms with E-state index in [1.165, 1.54) is 0 Å². The highest BCUT2D eigenvalue weighted by molar-refractivity contribution is 9.10. The molecule has 0 N–H and O–H groups in total. The van der Waals surface area contributed by atoms with Crippen LogP contribution in [0, 0.1) is 6.92 Å². The quantitative estimate of drug-likeness (QED) is 0.772. The Kier molecular flexibility index (Phi) is 3.23. The summed E-state index contributed by atoms with van der Waals surface area (Å²) in [6.07, 6.45) is 0. The lowest BCUT2D eigenvalue weighted by Gasteiger charge is -2.10. The highest BCUT2D eigenvalue weighted by Gasteiger charge is 2.02. The first kappa shape index (κ1) is 9.68. The van der Waals surface area contributed by atoms with Crippen LogP contribution in [-0.4, -0.2) is 24.0 Å². The Hall–Kier alpha value is -0.410. The first-order valence-corrected chi connectivity index (χ1v) is 4.65. The van der Waals surface area contributed by atoms with Crippen LogP contribution in [0.4, 0.5) is 0 Å². The topological polar surface area (TPSA) is 16.1 Å². The lowest BCUT2D eigenvalue weighted by molar-refractivity contribution is 0.395. The summed E-state index contributed by atoms with van der Waals surface area (Å²) < 4.78 is 1.09. The molecule has 2 nitrogen and oxygen atoms in total. The van der Waals surface area contributed by atoms with Gasteiger partial charge >= 0.3 is 0 Å². The van der Waals surface area contributed by atoms with Gasteiger partial charge in [-0.15, -0.1) is 0 Å². The summed E-state index contributed by atoms with van der Waals surface area (Å²) in [5, 5.41) is 0. The van der Waals surface area contributed by atoms with Gasteiger partial charge in [0.15, 0.2) is 0 Å². The van der Waals surface area contributed by atoms with Gasteiger partial charge in [-0.3, -0.25) is 4.98 Å². The minimum absolute atomic E-state index is 0.877. The van der Waals surface area contributed by atoms with E-state index in [0.717, 1.165) is 22.4 Å². The molecule has 0 saturated carbocycles. The molecule has 3 heteroatoms. The van der Waals surface area contributed by atoms with Crippen molar-refractivity contribution in [2.24, 2.45) is 0 Å². The van der Waals surface area contributed by atoms with E-state index >= 15 is 0 Å². The fraction of sp³-hybridized carbons (Fsp3) is 0.444. The molecule has 12 heavy (non-hydrogen) atoms. The predicted molar refractivity (Wildman–Crippen MR) is 54.1 cm³/mol. The SMILES string of the molecule is Cc1ccc(Br)c(CN(C)C)n1. The van der Waals surface area contributed by atoms with Crippen molar-refractivity contribution in [2.45, 2.75) is 13.5 Å². The normalized spacial score (nSPS) is 10.8. The van der Waals surface area contributed by atoms with Gasteiger partial charge < -0.3 is 4.90 Å². The predicted octanol–water partition coefficient (Wildman–Crippen LogP) is 2.21. The molecule has 0 amide bonds. The average molecular weight is 229 g/mol. The molecule has 1 aromatic heterocycles. The molecule has 0 aliphatic rings. The van der Waals surface area contributed by atoms with Crippen molar-refractivity contribution >= 4 is 15.9 Å². The average Bonchev–Trinajstić information content (AvgIpc) is 1.96. The fourth-order valence-corrected chi connectivity index (χ4v) is 1.35. The van der Waals surface area contributed by atoms with Crippen molar-refractivity contribution in [3.8, 4) is 0 Å². The van der Waals surface area contributed by atoms with Gasteiger partial charge in [-0.25, -0.2) is 0 Å². The molecule has 0 bridgehead atoms. The molecule has 0 radical (unpaired) electrons. The molecular formula is C9H13BrN2. The monoisotopic (exact) mass is 228 g/mol. The molecule has 0 spiro atoms. The Morgan fingerprint density at radius 3 is 2.67 bits per heavy atom. The van der Waals surface area contributed by atoms with E-state index in [9.17, 15) is 0 Å². The van der Waals surface area contributed by atoms with E-state index in [1.807, 2.05) is 33.2 Å². The van der Waals surface area contributed by atoms with Crippen LogP contribution in [0.5, 0.6) is 0 Å². The van der Waals surface area contributed by atoms with Crippen LogP contribution >= 0.6 is 15.9 Å². The number of hydrogen-bond acceptors (Lipinski definition) is 2. The molecule has 1 aromatic rings. The number of halogens is 1. The summed E-state index contributed by atoms with van der Waals surface area (Å²) in [7, 11) is 4.08. The Labute approximate surface area is 81.7 Å². The van der Waals surface area contributed by atoms with Gasteiger partial charge in [0, 0.05) is 16.7 Å². The zero-order valence-corrected chi connectivity index (χ0v) is 9.22. The van der Waals surface area contributed by atoms with E-state index in [2.05, 4.69) is 25.8 Å². The molecule has 0 aromatic carbocycles. The maximum absolute atomic E-state index is 4.42. The van der Waals surface area contributed by atoms with Gasteiger partial charge in [0.25, 0.3) is 0 Å². The standard InChI is InChI=1S/C9H13BrN2/c1-7-4-5-8(10)9(11-7)6-12(2)3/h4-5H,6H2,1-3H3. The fourth-order valence-electron chi connectivity index (χ4n) is 1.00. The van der Waals surface area contributed by atoms with E-state index in [0.29, 0.717) is 0 Å². The van der Waals surface area contributed by atoms with Crippen molar-refractivity contribution in [1.82, 2.24) is 9.88 Å². The molecule has 0 fully saturated rings. The van der Waals surface area contributed by atoms with Crippen molar-refractivity contribution in [2.75, 3.05) is 14.1 Å². The third-order valence-corrected chi connectivity index (χ3v) is 2.25. The molecule has 1 heterocycles. The lowest BCUT2D eigenvalue weighted by Crippen LogP contribution is -2.12. The van der Waals surface area contributed by atoms with Gasteiger partial charge in [0.1, 0.15) is 0 Å². The van der Waals surface area contributed by atoms with Crippen molar-refractivity contribution in [3.63, 3.8) is 0 Å². The Balaban J connectivity index is 2.90. The Bertz CT molecular complexity index is 271. The molecule has 0 saturated heterocycles. The summed E-state index contributed by atoms with van der Waals surface area (Å²) in [6.45, 7) is 2.88. The van der Waals surface area contributed by atoms with Gasteiger partial charge in [0.2, 0.25) is 0 Å². The van der Waals surface area contributed by atoms with Crippen molar-refractivity contribution < 1.29 is 0 Å². The largest absolute Gasteiger partial charge is 0.304 e. The minimum atomic E-state index is 0.877. The maximum Gasteiger partial charge on any atom is 0.0688 e. The number of rotatable bonds is 2. The highest BCUT2D eigenvalue weighted by atomic mass is 79.9. The second kappa shape index (κ2) is 4.01. The summed E-state index contributed by atoms with van der Waals surface area (Å²) >= 11 is 3.47. The molecule has 0 aliphatic carbocycles. The zero-order valence-electron chi connectivity index (χ0n) is 7.63. The van der Waals surface area contributed by atoms with Crippen LogP contribution in [0.1, 0.15) is 11.4 Å². The van der Waals surface area contributed by atoms with Crippen LogP contribution in [0.15, 0.2) is 16.6 Å². The second-order valence-corrected chi connectivity index (χ2v) is 3.97. The van der Waals surface area contributed by atoms with Gasteiger partial charge in [-0.1, -0.05) is 0 Å². The van der Waals surface area contributed by atoms with Crippen molar-refractivity contribution in [1.29, 1.82) is 0 Å². The van der Waals surface area contributed by atoms with Crippen LogP contribution in [0.2, 0.25) is 0 Å². The summed E-state index contributed by atoms with van der Waals surface area (Å²) in [4.78, 5) is 6.53. The van der Waals surface area contributed by atoms with Crippen LogP contribution < -0.4 is 0 Å². The Morgan fingerprint density at radius 2 is 2.08 bits per heavy atom. The number of aryl methyl sites for hydroxylation is 1. The first-order valence-electron chi connectivity index (χ1n) is 3.86. The zero-order chi connectivity index (χ0) is 9.14. The number of pyridine rings is 1. The van der Waals surface area contributed by atoms with Gasteiger partial charge in [-0.05, 0) is 49.1 Å². The van der Waals surface area contributed by atoms with E-state index < -0.39 is 0 Å². The summed E-state index contributed by atoms with van der Waals surface area (Å²) in [5.41, 5.74) is 2.16. The summed E-state index contributed by atoms with van der Waals surface area (Å²) in [6, 6.07) is 4.05. The van der Waals surface area contributed by atoms with Crippen LogP contribution in [0.3, 0.4) is 0 Å². The highest BCUT2D eigenvalue weighted by Crippen LogP contribution is 2.15.